The summed E-state index contributed by atoms with van der Waals surface area (Å²) >= 11 is 0. The Morgan fingerprint density at radius 2 is 1.75 bits per heavy atom. The summed E-state index contributed by atoms with van der Waals surface area (Å²) in [6.45, 7) is 6.60. The monoisotopic (exact) mass is 213 g/mol. The van der Waals surface area contributed by atoms with Crippen LogP contribution in [-0.2, 0) is 6.42 Å². The van der Waals surface area contributed by atoms with Gasteiger partial charge in [-0.1, -0.05) is 24.5 Å². The van der Waals surface area contributed by atoms with E-state index in [-0.39, 0.29) is 0 Å². The highest BCUT2D eigenvalue weighted by Gasteiger charge is 2.03. The van der Waals surface area contributed by atoms with Crippen LogP contribution >= 0.6 is 0 Å². The second-order valence-corrected chi connectivity index (χ2v) is 4.53. The van der Waals surface area contributed by atoms with E-state index >= 15 is 0 Å². The summed E-state index contributed by atoms with van der Waals surface area (Å²) in [4.78, 5) is 0. The van der Waals surface area contributed by atoms with Gasteiger partial charge in [0.2, 0.25) is 0 Å². The first-order valence-corrected chi connectivity index (χ1v) is 6.12. The molecule has 16 heavy (non-hydrogen) atoms. The van der Waals surface area contributed by atoms with Crippen molar-refractivity contribution >= 4 is 0 Å². The van der Waals surface area contributed by atoms with Gasteiger partial charge in [0, 0.05) is 6.42 Å². The Labute approximate surface area is 100 Å². The fourth-order valence-electron chi connectivity index (χ4n) is 1.99. The molecule has 0 nitrogen and oxygen atoms in total. The van der Waals surface area contributed by atoms with Crippen LogP contribution in [0.4, 0.5) is 0 Å². The van der Waals surface area contributed by atoms with E-state index in [9.17, 15) is 0 Å². The zero-order valence-electron chi connectivity index (χ0n) is 10.7. The summed E-state index contributed by atoms with van der Waals surface area (Å²) in [5.74, 6) is 2.44. The zero-order chi connectivity index (χ0) is 12.0. The fraction of sp³-hybridized carbons (Fsp3) is 0.500. The van der Waals surface area contributed by atoms with Gasteiger partial charge < -0.3 is 0 Å². The van der Waals surface area contributed by atoms with Crippen molar-refractivity contribution in [3.05, 3.63) is 40.8 Å². The molecule has 0 N–H and O–H groups in total. The van der Waals surface area contributed by atoms with E-state index in [1.807, 2.05) is 0 Å². The van der Waals surface area contributed by atoms with Crippen molar-refractivity contribution in [3.63, 3.8) is 0 Å². The van der Waals surface area contributed by atoms with Crippen LogP contribution in [0.1, 0.15) is 47.9 Å². The molecule has 0 bridgehead atoms. The minimum absolute atomic E-state index is 0.811. The van der Waals surface area contributed by atoms with Crippen LogP contribution in [0.25, 0.3) is 0 Å². The average Bonchev–Trinajstić information content (AvgIpc) is 2.28. The van der Waals surface area contributed by atoms with Crippen molar-refractivity contribution < 1.29 is 0 Å². The Morgan fingerprint density at radius 1 is 1.00 bits per heavy atom. The molecule has 1 rings (SSSR count). The lowest BCUT2D eigenvalue weighted by Crippen LogP contribution is -1.95. The number of rotatable bonds is 5. The van der Waals surface area contributed by atoms with E-state index < -0.39 is 0 Å². The van der Waals surface area contributed by atoms with Gasteiger partial charge in [0.25, 0.3) is 0 Å². The lowest BCUT2D eigenvalue weighted by molar-refractivity contribution is 0.690. The summed E-state index contributed by atoms with van der Waals surface area (Å²) in [5, 5.41) is 0. The normalized spacial score (nSPS) is 10.1. The van der Waals surface area contributed by atoms with Crippen LogP contribution < -0.4 is 0 Å². The lowest BCUT2D eigenvalue weighted by atomic mass is 9.95. The van der Waals surface area contributed by atoms with Crippen LogP contribution in [0.2, 0.25) is 0 Å². The quantitative estimate of drug-likeness (QED) is 0.505. The minimum Gasteiger partial charge on any atom is -0.0891 e. The molecule has 0 atom stereocenters. The first-order valence-electron chi connectivity index (χ1n) is 6.12. The van der Waals surface area contributed by atoms with E-state index in [0.717, 1.165) is 12.8 Å². The van der Waals surface area contributed by atoms with Crippen LogP contribution in [-0.4, -0.2) is 0 Å². The van der Waals surface area contributed by atoms with Gasteiger partial charge in [-0.2, -0.15) is 0 Å². The Hall–Kier alpha value is -1.22. The number of unbranched alkanes of at least 4 members (excludes halogenated alkanes) is 3. The van der Waals surface area contributed by atoms with Gasteiger partial charge in [0.05, 0.1) is 0 Å². The van der Waals surface area contributed by atoms with E-state index in [1.165, 1.54) is 41.5 Å². The van der Waals surface area contributed by atoms with Crippen molar-refractivity contribution in [2.75, 3.05) is 0 Å². The number of hydrogen-bond acceptors (Lipinski definition) is 0. The average molecular weight is 213 g/mol. The highest BCUT2D eigenvalue weighted by molar-refractivity contribution is 5.38. The third-order valence-corrected chi connectivity index (χ3v) is 3.42. The van der Waals surface area contributed by atoms with Gasteiger partial charge in [-0.05, 0) is 68.7 Å². The molecule has 0 spiro atoms. The lowest BCUT2D eigenvalue weighted by Gasteiger charge is -2.10. The molecule has 1 aromatic carbocycles. The number of hydrogen-bond donors (Lipinski definition) is 0. The summed E-state index contributed by atoms with van der Waals surface area (Å²) in [5.41, 5.74) is 5.77. The standard InChI is InChI=1S/C16H21/c1-5-6-7-8-9-10-16-12-11-13(2)14(3)15(16)4/h11-12H,6-10H2,2-4H3. The fourth-order valence-corrected chi connectivity index (χ4v) is 1.99. The maximum atomic E-state index is 6.84. The molecular weight excluding hydrogens is 192 g/mol. The predicted octanol–water partition coefficient (Wildman–Crippen LogP) is 4.30. The molecule has 0 saturated heterocycles. The van der Waals surface area contributed by atoms with Gasteiger partial charge in [-0.25, -0.2) is 0 Å². The molecule has 0 aliphatic carbocycles. The summed E-state index contributed by atoms with van der Waals surface area (Å²) in [7, 11) is 0. The third-order valence-electron chi connectivity index (χ3n) is 3.42. The predicted molar refractivity (Wildman–Crippen MR) is 70.0 cm³/mol. The molecule has 85 valence electrons. The Kier molecular flexibility index (Phi) is 5.12. The third kappa shape index (κ3) is 3.42. The first kappa shape index (κ1) is 12.8. The van der Waals surface area contributed by atoms with E-state index in [2.05, 4.69) is 38.8 Å². The highest BCUT2D eigenvalue weighted by atomic mass is 14.1. The molecule has 1 aromatic rings. The molecule has 0 unspecified atom stereocenters. The highest BCUT2D eigenvalue weighted by Crippen LogP contribution is 2.19. The first-order chi connectivity index (χ1) is 7.66. The Morgan fingerprint density at radius 3 is 2.44 bits per heavy atom. The Balaban J connectivity index is 2.49. The molecule has 0 heterocycles. The van der Waals surface area contributed by atoms with E-state index in [0.29, 0.717) is 0 Å². The molecule has 0 aliphatic rings. The van der Waals surface area contributed by atoms with E-state index in [4.69, 9.17) is 6.42 Å². The summed E-state index contributed by atoms with van der Waals surface area (Å²) in [6, 6.07) is 4.49. The molecular formula is C16H21. The van der Waals surface area contributed by atoms with Crippen LogP contribution in [0.5, 0.6) is 0 Å². The molecule has 1 radical (unpaired) electrons. The maximum absolute atomic E-state index is 6.84. The van der Waals surface area contributed by atoms with Crippen molar-refractivity contribution in [2.45, 2.75) is 52.9 Å². The van der Waals surface area contributed by atoms with Gasteiger partial charge >= 0.3 is 0 Å². The van der Waals surface area contributed by atoms with Gasteiger partial charge in [-0.3, -0.25) is 0 Å². The van der Waals surface area contributed by atoms with Crippen molar-refractivity contribution in [3.8, 4) is 5.92 Å². The van der Waals surface area contributed by atoms with Crippen LogP contribution in [0.3, 0.4) is 0 Å². The van der Waals surface area contributed by atoms with Gasteiger partial charge in [0.1, 0.15) is 0 Å². The van der Waals surface area contributed by atoms with Crippen molar-refractivity contribution in [2.24, 2.45) is 0 Å². The Bertz CT molecular complexity index is 380. The van der Waals surface area contributed by atoms with Crippen LogP contribution in [0.15, 0.2) is 12.1 Å². The van der Waals surface area contributed by atoms with Crippen LogP contribution in [0, 0.1) is 33.1 Å². The smallest absolute Gasteiger partial charge is 0.00989 e. The number of benzene rings is 1. The second kappa shape index (κ2) is 6.38. The largest absolute Gasteiger partial charge is 0.0891 e. The second-order valence-electron chi connectivity index (χ2n) is 4.53. The van der Waals surface area contributed by atoms with Gasteiger partial charge in [0.15, 0.2) is 0 Å². The number of aryl methyl sites for hydroxylation is 2. The van der Waals surface area contributed by atoms with Gasteiger partial charge in [-0.15, -0.1) is 0 Å². The molecule has 0 aromatic heterocycles. The molecule has 0 aliphatic heterocycles. The molecule has 0 saturated carbocycles. The summed E-state index contributed by atoms with van der Waals surface area (Å²) in [6.07, 6.45) is 12.4. The SMILES string of the molecule is [C]#CCCCCCc1ccc(C)c(C)c1C. The molecule has 0 heteroatoms. The van der Waals surface area contributed by atoms with E-state index in [1.54, 1.807) is 0 Å². The minimum atomic E-state index is 0.811. The van der Waals surface area contributed by atoms with Crippen molar-refractivity contribution in [1.29, 1.82) is 0 Å². The zero-order valence-corrected chi connectivity index (χ0v) is 10.7. The van der Waals surface area contributed by atoms with Crippen molar-refractivity contribution in [1.82, 2.24) is 0 Å². The maximum Gasteiger partial charge on any atom is 0.00989 e. The molecule has 0 fully saturated rings. The topological polar surface area (TPSA) is 0 Å². The summed E-state index contributed by atoms with van der Waals surface area (Å²) < 4.78 is 0. The molecule has 0 amide bonds.